The molecule has 3 aromatic rings. The fraction of sp³-hybridized carbons (Fsp3) is 0.182. The Morgan fingerprint density at radius 2 is 1.33 bits per heavy atom. The van der Waals surface area contributed by atoms with E-state index in [-0.39, 0.29) is 5.41 Å². The van der Waals surface area contributed by atoms with Gasteiger partial charge in [-0.05, 0) is 65.8 Å². The highest BCUT2D eigenvalue weighted by Gasteiger charge is 2.31. The Hall–Kier alpha value is -2.74. The third-order valence-electron chi connectivity index (χ3n) is 4.83. The molecule has 0 radical (unpaired) electrons. The number of rotatable bonds is 4. The van der Waals surface area contributed by atoms with Gasteiger partial charge in [-0.15, -0.1) is 0 Å². The highest BCUT2D eigenvalue weighted by atomic mass is 14.6. The van der Waals surface area contributed by atoms with E-state index < -0.39 is 0 Å². The fourth-order valence-electron chi connectivity index (χ4n) is 3.68. The molecule has 2 nitrogen and oxygen atoms in total. The molecule has 0 fully saturated rings. The van der Waals surface area contributed by atoms with Gasteiger partial charge in [0.05, 0.1) is 0 Å². The minimum Gasteiger partial charge on any atom is -0.265 e. The van der Waals surface area contributed by atoms with E-state index in [0.717, 1.165) is 19.3 Å². The topological polar surface area (TPSA) is 25.8 Å². The summed E-state index contributed by atoms with van der Waals surface area (Å²) in [5.74, 6) is 0. The van der Waals surface area contributed by atoms with Gasteiger partial charge in [0.15, 0.2) is 0 Å². The maximum absolute atomic E-state index is 4.15. The van der Waals surface area contributed by atoms with Crippen LogP contribution in [-0.2, 0) is 19.3 Å². The molecule has 1 aromatic carbocycles. The number of benzene rings is 1. The molecule has 0 atom stereocenters. The number of fused-ring (bicyclic) bond motifs is 1. The molecule has 0 spiro atoms. The largest absolute Gasteiger partial charge is 0.265 e. The molecule has 4 rings (SSSR count). The van der Waals surface area contributed by atoms with Gasteiger partial charge in [-0.1, -0.05) is 36.4 Å². The molecule has 0 N–H and O–H groups in total. The second-order valence-electron chi connectivity index (χ2n) is 6.64. The second-order valence-corrected chi connectivity index (χ2v) is 6.64. The van der Waals surface area contributed by atoms with Gasteiger partial charge in [0.25, 0.3) is 0 Å². The number of hydrogen-bond donors (Lipinski definition) is 0. The van der Waals surface area contributed by atoms with Crippen molar-refractivity contribution in [3.8, 4) is 0 Å². The van der Waals surface area contributed by atoms with Gasteiger partial charge in [0, 0.05) is 30.2 Å². The maximum Gasteiger partial charge on any atom is 0.0270 e. The number of nitrogens with zero attached hydrogens (tertiary/aromatic N) is 2. The number of pyridine rings is 2. The Labute approximate surface area is 142 Å². The van der Waals surface area contributed by atoms with E-state index >= 15 is 0 Å². The molecule has 0 unspecified atom stereocenters. The number of allylic oxidation sites excluding steroid dienone is 1. The molecule has 2 aromatic heterocycles. The lowest BCUT2D eigenvalue weighted by Gasteiger charge is -2.35. The minimum atomic E-state index is 0.0943. The summed E-state index contributed by atoms with van der Waals surface area (Å²) in [5.41, 5.74) is 5.55. The van der Waals surface area contributed by atoms with Crippen molar-refractivity contribution in [3.63, 3.8) is 0 Å². The predicted molar refractivity (Wildman–Crippen MR) is 97.5 cm³/mol. The third-order valence-corrected chi connectivity index (χ3v) is 4.83. The van der Waals surface area contributed by atoms with Crippen LogP contribution in [0.5, 0.6) is 0 Å². The average Bonchev–Trinajstić information content (AvgIpc) is 2.63. The molecule has 1 aliphatic carbocycles. The molecule has 0 aliphatic heterocycles. The first-order chi connectivity index (χ1) is 11.8. The molecule has 24 heavy (non-hydrogen) atoms. The first-order valence-corrected chi connectivity index (χ1v) is 8.38. The maximum atomic E-state index is 4.15. The van der Waals surface area contributed by atoms with E-state index in [1.54, 1.807) is 0 Å². The molecule has 2 heterocycles. The van der Waals surface area contributed by atoms with Crippen LogP contribution in [0.1, 0.15) is 22.3 Å². The van der Waals surface area contributed by atoms with Crippen molar-refractivity contribution in [2.75, 3.05) is 0 Å². The van der Waals surface area contributed by atoms with E-state index in [2.05, 4.69) is 70.7 Å². The van der Waals surface area contributed by atoms with Crippen LogP contribution in [0.4, 0.5) is 0 Å². The number of hydrogen-bond acceptors (Lipinski definition) is 2. The first-order valence-electron chi connectivity index (χ1n) is 8.38. The van der Waals surface area contributed by atoms with E-state index in [4.69, 9.17) is 0 Å². The van der Waals surface area contributed by atoms with Crippen LogP contribution in [0, 0.1) is 5.41 Å². The first kappa shape index (κ1) is 14.8. The van der Waals surface area contributed by atoms with Crippen molar-refractivity contribution < 1.29 is 0 Å². The van der Waals surface area contributed by atoms with Gasteiger partial charge in [0.1, 0.15) is 0 Å². The van der Waals surface area contributed by atoms with Crippen LogP contribution in [0.25, 0.3) is 6.08 Å². The number of aromatic nitrogens is 2. The van der Waals surface area contributed by atoms with Gasteiger partial charge < -0.3 is 0 Å². The van der Waals surface area contributed by atoms with Crippen molar-refractivity contribution in [2.45, 2.75) is 19.3 Å². The van der Waals surface area contributed by atoms with Crippen molar-refractivity contribution >= 4 is 6.08 Å². The Morgan fingerprint density at radius 1 is 0.750 bits per heavy atom. The zero-order chi connectivity index (χ0) is 16.2. The van der Waals surface area contributed by atoms with Gasteiger partial charge in [-0.2, -0.15) is 0 Å². The fourth-order valence-corrected chi connectivity index (χ4v) is 3.68. The van der Waals surface area contributed by atoms with Crippen LogP contribution >= 0.6 is 0 Å². The van der Waals surface area contributed by atoms with Gasteiger partial charge in [-0.25, -0.2) is 0 Å². The molecule has 118 valence electrons. The molecular weight excluding hydrogens is 292 g/mol. The summed E-state index contributed by atoms with van der Waals surface area (Å²) in [6.45, 7) is 0. The van der Waals surface area contributed by atoms with Crippen LogP contribution < -0.4 is 0 Å². The predicted octanol–water partition coefficient (Wildman–Crippen LogP) is 4.52. The highest BCUT2D eigenvalue weighted by Crippen LogP contribution is 2.38. The summed E-state index contributed by atoms with van der Waals surface area (Å²) < 4.78 is 0. The lowest BCUT2D eigenvalue weighted by Crippen LogP contribution is -2.29. The smallest absolute Gasteiger partial charge is 0.0270 e. The molecule has 0 amide bonds. The molecule has 1 aliphatic rings. The minimum absolute atomic E-state index is 0.0943. The monoisotopic (exact) mass is 312 g/mol. The normalized spacial score (nSPS) is 15.0. The SMILES string of the molecule is C1=CC(Cc2ccncc2)(Cc2ccncc2)Cc2ccccc21. The van der Waals surface area contributed by atoms with Crippen molar-refractivity contribution in [1.29, 1.82) is 0 Å². The van der Waals surface area contributed by atoms with E-state index in [1.807, 2.05) is 24.8 Å². The van der Waals surface area contributed by atoms with Crippen LogP contribution in [0.2, 0.25) is 0 Å². The summed E-state index contributed by atoms with van der Waals surface area (Å²) in [4.78, 5) is 8.31. The van der Waals surface area contributed by atoms with Crippen molar-refractivity contribution in [1.82, 2.24) is 9.97 Å². The molecule has 2 heteroatoms. The summed E-state index contributed by atoms with van der Waals surface area (Å²) in [6.07, 6.45) is 15.3. The van der Waals surface area contributed by atoms with Crippen molar-refractivity contribution in [3.05, 3.63) is 102 Å². The lowest BCUT2D eigenvalue weighted by molar-refractivity contribution is 0.370. The van der Waals surface area contributed by atoms with Crippen molar-refractivity contribution in [2.24, 2.45) is 5.41 Å². The Balaban J connectivity index is 1.71. The van der Waals surface area contributed by atoms with Crippen LogP contribution in [-0.4, -0.2) is 9.97 Å². The van der Waals surface area contributed by atoms with Crippen LogP contribution in [0.3, 0.4) is 0 Å². The quantitative estimate of drug-likeness (QED) is 0.708. The standard InChI is InChI=1S/C22H20N2/c1-2-4-21-17-22(10-5-20(21)3-1,15-18-6-11-23-12-7-18)16-19-8-13-24-14-9-19/h1-14H,15-17H2. The van der Waals surface area contributed by atoms with E-state index in [1.165, 1.54) is 22.3 Å². The molecule has 0 saturated carbocycles. The lowest BCUT2D eigenvalue weighted by atomic mass is 9.69. The van der Waals surface area contributed by atoms with E-state index in [9.17, 15) is 0 Å². The molecule has 0 bridgehead atoms. The molecule has 0 saturated heterocycles. The molecular formula is C22H20N2. The van der Waals surface area contributed by atoms with Gasteiger partial charge in [-0.3, -0.25) is 9.97 Å². The second kappa shape index (κ2) is 6.40. The Bertz CT molecular complexity index is 797. The summed E-state index contributed by atoms with van der Waals surface area (Å²) in [5, 5.41) is 0. The summed E-state index contributed by atoms with van der Waals surface area (Å²) in [6, 6.07) is 17.2. The zero-order valence-corrected chi connectivity index (χ0v) is 13.6. The Kier molecular flexibility index (Phi) is 3.96. The summed E-state index contributed by atoms with van der Waals surface area (Å²) in [7, 11) is 0. The van der Waals surface area contributed by atoms with Gasteiger partial charge >= 0.3 is 0 Å². The third kappa shape index (κ3) is 3.13. The van der Waals surface area contributed by atoms with Gasteiger partial charge in [0.2, 0.25) is 0 Å². The Morgan fingerprint density at radius 3 is 1.96 bits per heavy atom. The van der Waals surface area contributed by atoms with Crippen LogP contribution in [0.15, 0.2) is 79.4 Å². The summed E-state index contributed by atoms with van der Waals surface area (Å²) >= 11 is 0. The zero-order valence-electron chi connectivity index (χ0n) is 13.6. The highest BCUT2D eigenvalue weighted by molar-refractivity contribution is 5.58. The average molecular weight is 312 g/mol. The van der Waals surface area contributed by atoms with E-state index in [0.29, 0.717) is 0 Å².